The van der Waals surface area contributed by atoms with E-state index < -0.39 is 144 Å². The Morgan fingerprint density at radius 1 is 0.434 bits per heavy atom. The van der Waals surface area contributed by atoms with Gasteiger partial charge in [-0.25, -0.2) is 0 Å². The first-order chi connectivity index (χ1) is 38.3. The van der Waals surface area contributed by atoms with Crippen LogP contribution in [0.2, 0.25) is 0 Å². The van der Waals surface area contributed by atoms with Crippen LogP contribution in [0.4, 0.5) is 0 Å². The van der Waals surface area contributed by atoms with Crippen LogP contribution in [0.25, 0.3) is 0 Å². The molecule has 0 unspecified atom stereocenters. The maximum atomic E-state index is 14.8. The van der Waals surface area contributed by atoms with Crippen molar-refractivity contribution in [2.45, 2.75) is 209 Å². The molecule has 0 saturated carbocycles. The summed E-state index contributed by atoms with van der Waals surface area (Å²) in [6, 6.07) is -10.8. The zero-order chi connectivity index (χ0) is 64.2. The topological polar surface area (TPSA) is 302 Å². The molecular weight excluding hydrogens is 1070 g/mol. The van der Waals surface area contributed by atoms with E-state index in [9.17, 15) is 57.5 Å². The zero-order valence-electron chi connectivity index (χ0n) is 54.0. The average molecular weight is 1180 g/mol. The summed E-state index contributed by atoms with van der Waals surface area (Å²) in [5.74, 6) is -9.34. The summed E-state index contributed by atoms with van der Waals surface area (Å²) in [7, 11) is 9.94. The quantitative estimate of drug-likeness (QED) is 0.148. The highest BCUT2D eigenvalue weighted by Crippen LogP contribution is 2.22. The minimum absolute atomic E-state index is 0.0900. The van der Waals surface area contributed by atoms with Gasteiger partial charge in [-0.3, -0.25) is 57.5 Å². The van der Waals surface area contributed by atoms with E-state index in [0.717, 1.165) is 0 Å². The molecule has 1 aliphatic rings. The van der Waals surface area contributed by atoms with Crippen molar-refractivity contribution < 1.29 is 57.5 Å². The molecule has 474 valence electrons. The summed E-state index contributed by atoms with van der Waals surface area (Å²) in [4.78, 5) is 179. The predicted molar refractivity (Wildman–Crippen MR) is 317 cm³/mol. The van der Waals surface area contributed by atoms with Crippen LogP contribution in [0.5, 0.6) is 0 Å². The van der Waals surface area contributed by atoms with E-state index in [1.165, 1.54) is 90.6 Å². The third-order valence-electron chi connectivity index (χ3n) is 15.1. The van der Waals surface area contributed by atoms with Crippen LogP contribution in [-0.4, -0.2) is 222 Å². The summed E-state index contributed by atoms with van der Waals surface area (Å²) in [5, 5.41) is 11.0. The van der Waals surface area contributed by atoms with Crippen molar-refractivity contribution in [1.29, 1.82) is 0 Å². The van der Waals surface area contributed by atoms with Gasteiger partial charge in [0.15, 0.2) is 0 Å². The lowest BCUT2D eigenvalue weighted by atomic mass is 9.96. The Labute approximate surface area is 495 Å². The molecule has 12 amide bonds. The summed E-state index contributed by atoms with van der Waals surface area (Å²) in [5.41, 5.74) is 5.52. The van der Waals surface area contributed by atoms with E-state index in [1.807, 2.05) is 76.2 Å². The molecule has 24 nitrogen and oxygen atoms in total. The second-order valence-corrected chi connectivity index (χ2v) is 25.3. The number of hydrogen-bond donors (Lipinski definition) is 5. The number of nitrogens with zero attached hydrogens (tertiary/aromatic N) is 7. The van der Waals surface area contributed by atoms with Crippen molar-refractivity contribution in [2.24, 2.45) is 41.2 Å². The molecule has 1 saturated heterocycles. The number of amides is 12. The summed E-state index contributed by atoms with van der Waals surface area (Å²) in [6.45, 7) is 24.2. The monoisotopic (exact) mass is 1170 g/mol. The molecule has 83 heavy (non-hydrogen) atoms. The molecule has 0 radical (unpaired) electrons. The Kier molecular flexibility index (Phi) is 31.0. The highest BCUT2D eigenvalue weighted by molar-refractivity contribution is 5.99. The summed E-state index contributed by atoms with van der Waals surface area (Å²) in [6.07, 6.45) is 0.730. The Morgan fingerprint density at radius 2 is 0.783 bits per heavy atom. The van der Waals surface area contributed by atoms with Crippen molar-refractivity contribution in [3.63, 3.8) is 0 Å². The molecule has 0 spiro atoms. The zero-order valence-corrected chi connectivity index (χ0v) is 54.0. The van der Waals surface area contributed by atoms with Crippen LogP contribution in [-0.2, 0) is 57.5 Å². The smallest absolute Gasteiger partial charge is 0.245 e. The van der Waals surface area contributed by atoms with E-state index >= 15 is 0 Å². The molecule has 0 bridgehead atoms. The SMILES string of the molecule is CCC[C@@H]1NC(=O)[C@H](CC(C)C)N(C)C(=O)[C@H](CC(C)C)N(C)C(=O)CN(C)C(=O)[C@H](CC(C)C)N(C)C(=O)[C@@H](C)NC(=O)[C@@H](CCC(N)=O)NC(=O)[C@H](CC(C)C)N(C)C(=O)[C@H](C(C)C)NC(=O)[C@H](CC(C)C)N(C)C(=O)CN(C)C1=O. The van der Waals surface area contributed by atoms with Gasteiger partial charge >= 0.3 is 0 Å². The number of likely N-dealkylation sites (N-methyl/N-ethyl adjacent to an activating group) is 7. The van der Waals surface area contributed by atoms with Crippen LogP contribution < -0.4 is 27.0 Å². The molecule has 6 N–H and O–H groups in total. The summed E-state index contributed by atoms with van der Waals surface area (Å²) >= 11 is 0. The molecule has 0 aromatic rings. The number of nitrogens with one attached hydrogen (secondary N) is 4. The fourth-order valence-corrected chi connectivity index (χ4v) is 10.1. The van der Waals surface area contributed by atoms with Gasteiger partial charge in [0.25, 0.3) is 0 Å². The molecular formula is C59H106N12O12. The molecule has 1 heterocycles. The van der Waals surface area contributed by atoms with Gasteiger partial charge in [0.05, 0.1) is 13.1 Å². The van der Waals surface area contributed by atoms with E-state index in [-0.39, 0.29) is 81.0 Å². The van der Waals surface area contributed by atoms with Gasteiger partial charge in [-0.2, -0.15) is 0 Å². The second kappa shape index (κ2) is 34.4. The first kappa shape index (κ1) is 74.7. The van der Waals surface area contributed by atoms with Gasteiger partial charge in [-0.15, -0.1) is 0 Å². The number of hydrogen-bond acceptors (Lipinski definition) is 12. The second-order valence-electron chi connectivity index (χ2n) is 25.3. The van der Waals surface area contributed by atoms with E-state index in [1.54, 1.807) is 13.8 Å². The van der Waals surface area contributed by atoms with Crippen molar-refractivity contribution in [3.8, 4) is 0 Å². The van der Waals surface area contributed by atoms with Crippen LogP contribution in [0, 0.1) is 35.5 Å². The Bertz CT molecular complexity index is 2260. The number of nitrogens with two attached hydrogens (primary N) is 1. The van der Waals surface area contributed by atoms with Crippen LogP contribution >= 0.6 is 0 Å². The minimum Gasteiger partial charge on any atom is -0.370 e. The third kappa shape index (κ3) is 23.0. The summed E-state index contributed by atoms with van der Waals surface area (Å²) < 4.78 is 0. The maximum absolute atomic E-state index is 14.8. The van der Waals surface area contributed by atoms with E-state index in [2.05, 4.69) is 21.3 Å². The molecule has 0 aliphatic carbocycles. The molecule has 24 heteroatoms. The predicted octanol–water partition coefficient (Wildman–Crippen LogP) is 1.96. The van der Waals surface area contributed by atoms with Crippen molar-refractivity contribution in [3.05, 3.63) is 0 Å². The van der Waals surface area contributed by atoms with Crippen LogP contribution in [0.15, 0.2) is 0 Å². The van der Waals surface area contributed by atoms with E-state index in [4.69, 9.17) is 5.73 Å². The van der Waals surface area contributed by atoms with E-state index in [0.29, 0.717) is 6.42 Å². The van der Waals surface area contributed by atoms with Gasteiger partial charge < -0.3 is 61.3 Å². The highest BCUT2D eigenvalue weighted by atomic mass is 16.2. The largest absolute Gasteiger partial charge is 0.370 e. The number of primary amides is 1. The lowest BCUT2D eigenvalue weighted by Crippen LogP contribution is -2.61. The van der Waals surface area contributed by atoms with Crippen molar-refractivity contribution in [1.82, 2.24) is 55.6 Å². The minimum atomic E-state index is -1.45. The lowest BCUT2D eigenvalue weighted by Gasteiger charge is -2.37. The van der Waals surface area contributed by atoms with Crippen LogP contribution in [0.1, 0.15) is 155 Å². The Hall–Kier alpha value is -6.36. The molecule has 9 atom stereocenters. The first-order valence-electron chi connectivity index (χ1n) is 29.6. The standard InChI is InChI=1S/C59H106N12O12/c1-22-23-41-56(80)65(15)31-48(73)67(17)42(26-33(2)3)54(78)64-50(38(12)13)59(83)70(20)44(28-35(6)7)52(76)62-40(24-25-47(60)72)51(75)61-39(14)55(79)71(21)45(29-36(8)9)57(81)66(16)32-49(74)68(18)46(30-37(10)11)58(82)69(19)43(27-34(4)5)53(77)63-41/h33-46,50H,22-32H2,1-21H3,(H2,60,72)(H,61,75)(H,62,76)(H,63,77)(H,64,78)/t39-,40-,41+,42+,43+,44+,45+,46+,50+/m1/s1. The van der Waals surface area contributed by atoms with Crippen molar-refractivity contribution in [2.75, 3.05) is 62.4 Å². The maximum Gasteiger partial charge on any atom is 0.245 e. The lowest BCUT2D eigenvalue weighted by molar-refractivity contribution is -0.152. The number of rotatable bonds is 16. The van der Waals surface area contributed by atoms with Crippen LogP contribution in [0.3, 0.4) is 0 Å². The van der Waals surface area contributed by atoms with Gasteiger partial charge in [0.1, 0.15) is 54.4 Å². The Balaban J connectivity index is 4.22. The first-order valence-corrected chi connectivity index (χ1v) is 29.6. The third-order valence-corrected chi connectivity index (χ3v) is 15.1. The molecule has 0 aromatic heterocycles. The van der Waals surface area contributed by atoms with Gasteiger partial charge in [0, 0.05) is 55.8 Å². The highest BCUT2D eigenvalue weighted by Gasteiger charge is 2.42. The van der Waals surface area contributed by atoms with Gasteiger partial charge in [0.2, 0.25) is 70.9 Å². The van der Waals surface area contributed by atoms with Gasteiger partial charge in [-0.1, -0.05) is 96.4 Å². The van der Waals surface area contributed by atoms with Gasteiger partial charge in [-0.05, 0) is 87.4 Å². The average Bonchev–Trinajstić information content (AvgIpc) is 3.46. The fourth-order valence-electron chi connectivity index (χ4n) is 10.1. The number of carbonyl (C=O) groups is 12. The normalized spacial score (nSPS) is 25.4. The molecule has 1 rings (SSSR count). The Morgan fingerprint density at radius 3 is 1.19 bits per heavy atom. The molecule has 1 aliphatic heterocycles. The molecule has 0 aromatic carbocycles. The fraction of sp³-hybridized carbons (Fsp3) is 0.797. The van der Waals surface area contributed by atoms with Crippen molar-refractivity contribution >= 4 is 70.9 Å². The number of carbonyl (C=O) groups excluding carboxylic acids is 12. The molecule has 1 fully saturated rings.